The Kier molecular flexibility index (Phi) is 4.58. The first-order valence-corrected chi connectivity index (χ1v) is 5.28. The monoisotopic (exact) mass is 219 g/mol. The van der Waals surface area contributed by atoms with Gasteiger partial charge in [0.2, 0.25) is 0 Å². The molecular formula is C13H17NO2. The number of hydrogen-bond donors (Lipinski definition) is 1. The molecule has 3 nitrogen and oxygen atoms in total. The van der Waals surface area contributed by atoms with Crippen molar-refractivity contribution in [2.24, 2.45) is 0 Å². The molecule has 1 rings (SSSR count). The van der Waals surface area contributed by atoms with Crippen LogP contribution in [0.25, 0.3) is 0 Å². The van der Waals surface area contributed by atoms with Crippen molar-refractivity contribution in [2.75, 3.05) is 13.7 Å². The minimum absolute atomic E-state index is 0.0771. The van der Waals surface area contributed by atoms with Gasteiger partial charge in [0.1, 0.15) is 5.75 Å². The normalized spacial score (nSPS) is 9.62. The molecule has 0 saturated carbocycles. The molecule has 86 valence electrons. The van der Waals surface area contributed by atoms with E-state index in [1.54, 1.807) is 19.3 Å². The molecule has 3 heteroatoms. The van der Waals surface area contributed by atoms with Crippen molar-refractivity contribution < 1.29 is 9.53 Å². The SMILES string of the molecule is C=CCc1cc(OC)cc(C(=O)NCC)c1. The number of methoxy groups -OCH3 is 1. The van der Waals surface area contributed by atoms with Crippen molar-refractivity contribution in [2.45, 2.75) is 13.3 Å². The average Bonchev–Trinajstić information content (AvgIpc) is 2.29. The van der Waals surface area contributed by atoms with Gasteiger partial charge in [-0.15, -0.1) is 6.58 Å². The van der Waals surface area contributed by atoms with Crippen molar-refractivity contribution in [3.05, 3.63) is 42.0 Å². The highest BCUT2D eigenvalue weighted by atomic mass is 16.5. The standard InChI is InChI=1S/C13H17NO2/c1-4-6-10-7-11(13(15)14-5-2)9-12(8-10)16-3/h4,7-9H,1,5-6H2,2-3H3,(H,14,15). The summed E-state index contributed by atoms with van der Waals surface area (Å²) in [6, 6.07) is 5.50. The predicted molar refractivity (Wildman–Crippen MR) is 64.9 cm³/mol. The van der Waals surface area contributed by atoms with Crippen LogP contribution in [0.5, 0.6) is 5.75 Å². The Morgan fingerprint density at radius 3 is 2.81 bits per heavy atom. The van der Waals surface area contributed by atoms with Gasteiger partial charge in [-0.2, -0.15) is 0 Å². The second-order valence-electron chi connectivity index (χ2n) is 3.42. The van der Waals surface area contributed by atoms with E-state index in [1.807, 2.05) is 19.1 Å². The third-order valence-corrected chi connectivity index (χ3v) is 2.18. The molecule has 0 aliphatic rings. The summed E-state index contributed by atoms with van der Waals surface area (Å²) < 4.78 is 5.16. The van der Waals surface area contributed by atoms with Crippen molar-refractivity contribution >= 4 is 5.91 Å². The second-order valence-corrected chi connectivity index (χ2v) is 3.42. The lowest BCUT2D eigenvalue weighted by atomic mass is 10.1. The topological polar surface area (TPSA) is 38.3 Å². The Balaban J connectivity index is 3.03. The summed E-state index contributed by atoms with van der Waals surface area (Å²) in [7, 11) is 1.59. The van der Waals surface area contributed by atoms with Gasteiger partial charge in [-0.1, -0.05) is 6.08 Å². The minimum Gasteiger partial charge on any atom is -0.497 e. The molecule has 1 aromatic carbocycles. The maximum atomic E-state index is 11.7. The average molecular weight is 219 g/mol. The Labute approximate surface area is 96.1 Å². The van der Waals surface area contributed by atoms with Crippen LogP contribution in [-0.2, 0) is 6.42 Å². The van der Waals surface area contributed by atoms with Crippen LogP contribution < -0.4 is 10.1 Å². The number of nitrogens with one attached hydrogen (secondary N) is 1. The zero-order valence-electron chi connectivity index (χ0n) is 9.75. The van der Waals surface area contributed by atoms with Crippen LogP contribution in [0.1, 0.15) is 22.8 Å². The van der Waals surface area contributed by atoms with Crippen molar-refractivity contribution in [3.8, 4) is 5.75 Å². The molecule has 0 heterocycles. The lowest BCUT2D eigenvalue weighted by molar-refractivity contribution is 0.0955. The smallest absolute Gasteiger partial charge is 0.251 e. The number of ether oxygens (including phenoxy) is 1. The zero-order valence-corrected chi connectivity index (χ0v) is 9.75. The van der Waals surface area contributed by atoms with Gasteiger partial charge in [0, 0.05) is 12.1 Å². The summed E-state index contributed by atoms with van der Waals surface area (Å²) in [6.45, 7) is 6.19. The van der Waals surface area contributed by atoms with Gasteiger partial charge in [0.25, 0.3) is 5.91 Å². The third-order valence-electron chi connectivity index (χ3n) is 2.18. The lowest BCUT2D eigenvalue weighted by Crippen LogP contribution is -2.22. The summed E-state index contributed by atoms with van der Waals surface area (Å²) in [5.74, 6) is 0.618. The van der Waals surface area contributed by atoms with Gasteiger partial charge in [-0.3, -0.25) is 4.79 Å². The Bertz CT molecular complexity index is 386. The molecule has 0 atom stereocenters. The number of amides is 1. The molecule has 0 aliphatic heterocycles. The molecule has 0 radical (unpaired) electrons. The van der Waals surface area contributed by atoms with E-state index in [0.717, 1.165) is 12.0 Å². The minimum atomic E-state index is -0.0771. The fourth-order valence-corrected chi connectivity index (χ4v) is 1.46. The van der Waals surface area contributed by atoms with E-state index in [4.69, 9.17) is 4.74 Å². The summed E-state index contributed by atoms with van der Waals surface area (Å²) in [4.78, 5) is 11.7. The van der Waals surface area contributed by atoms with Crippen LogP contribution in [0.15, 0.2) is 30.9 Å². The van der Waals surface area contributed by atoms with Crippen molar-refractivity contribution in [3.63, 3.8) is 0 Å². The molecule has 0 spiro atoms. The maximum absolute atomic E-state index is 11.7. The lowest BCUT2D eigenvalue weighted by Gasteiger charge is -2.07. The Morgan fingerprint density at radius 2 is 2.25 bits per heavy atom. The number of hydrogen-bond acceptors (Lipinski definition) is 2. The summed E-state index contributed by atoms with van der Waals surface area (Å²) in [5, 5.41) is 2.76. The Hall–Kier alpha value is -1.77. The highest BCUT2D eigenvalue weighted by molar-refractivity contribution is 5.94. The summed E-state index contributed by atoms with van der Waals surface area (Å²) in [6.07, 6.45) is 2.53. The molecule has 0 aromatic heterocycles. The molecule has 0 unspecified atom stereocenters. The molecule has 0 aliphatic carbocycles. The van der Waals surface area contributed by atoms with Crippen LogP contribution in [0.2, 0.25) is 0 Å². The van der Waals surface area contributed by atoms with E-state index in [1.165, 1.54) is 0 Å². The van der Waals surface area contributed by atoms with Gasteiger partial charge < -0.3 is 10.1 Å². The first-order chi connectivity index (χ1) is 7.71. The Morgan fingerprint density at radius 1 is 1.50 bits per heavy atom. The van der Waals surface area contributed by atoms with E-state index in [2.05, 4.69) is 11.9 Å². The molecular weight excluding hydrogens is 202 g/mol. The van der Waals surface area contributed by atoms with Crippen molar-refractivity contribution in [1.29, 1.82) is 0 Å². The number of carbonyl (C=O) groups is 1. The van der Waals surface area contributed by atoms with E-state index in [9.17, 15) is 4.79 Å². The van der Waals surface area contributed by atoms with E-state index < -0.39 is 0 Å². The fourth-order valence-electron chi connectivity index (χ4n) is 1.46. The van der Waals surface area contributed by atoms with Crippen LogP contribution in [-0.4, -0.2) is 19.6 Å². The van der Waals surface area contributed by atoms with Gasteiger partial charge in [-0.25, -0.2) is 0 Å². The van der Waals surface area contributed by atoms with Gasteiger partial charge >= 0.3 is 0 Å². The molecule has 16 heavy (non-hydrogen) atoms. The number of benzene rings is 1. The summed E-state index contributed by atoms with van der Waals surface area (Å²) in [5.41, 5.74) is 1.65. The maximum Gasteiger partial charge on any atom is 0.251 e. The molecule has 0 saturated heterocycles. The van der Waals surface area contributed by atoms with E-state index in [-0.39, 0.29) is 5.91 Å². The zero-order chi connectivity index (χ0) is 12.0. The largest absolute Gasteiger partial charge is 0.497 e. The van der Waals surface area contributed by atoms with Crippen molar-refractivity contribution in [1.82, 2.24) is 5.32 Å². The van der Waals surface area contributed by atoms with Crippen LogP contribution >= 0.6 is 0 Å². The molecule has 1 amide bonds. The number of carbonyl (C=O) groups excluding carboxylic acids is 1. The van der Waals surface area contributed by atoms with Gasteiger partial charge in [0.15, 0.2) is 0 Å². The van der Waals surface area contributed by atoms with E-state index >= 15 is 0 Å². The van der Waals surface area contributed by atoms with Crippen LogP contribution in [0, 0.1) is 0 Å². The van der Waals surface area contributed by atoms with E-state index in [0.29, 0.717) is 17.9 Å². The van der Waals surface area contributed by atoms with Crippen LogP contribution in [0.4, 0.5) is 0 Å². The summed E-state index contributed by atoms with van der Waals surface area (Å²) >= 11 is 0. The number of rotatable bonds is 5. The first kappa shape index (κ1) is 12.3. The molecule has 1 aromatic rings. The fraction of sp³-hybridized carbons (Fsp3) is 0.308. The predicted octanol–water partition coefficient (Wildman–Crippen LogP) is 2.17. The van der Waals surface area contributed by atoms with Gasteiger partial charge in [0.05, 0.1) is 7.11 Å². The highest BCUT2D eigenvalue weighted by Gasteiger charge is 2.07. The molecule has 0 bridgehead atoms. The highest BCUT2D eigenvalue weighted by Crippen LogP contribution is 2.17. The molecule has 0 fully saturated rings. The van der Waals surface area contributed by atoms with Crippen LogP contribution in [0.3, 0.4) is 0 Å². The van der Waals surface area contributed by atoms with Gasteiger partial charge in [-0.05, 0) is 37.1 Å². The quantitative estimate of drug-likeness (QED) is 0.771. The first-order valence-electron chi connectivity index (χ1n) is 5.28. The number of allylic oxidation sites excluding steroid dienone is 1. The second kappa shape index (κ2) is 5.95. The third kappa shape index (κ3) is 3.12. The molecule has 1 N–H and O–H groups in total.